The van der Waals surface area contributed by atoms with Gasteiger partial charge in [-0.3, -0.25) is 0 Å². The molecule has 8 heteroatoms. The molecule has 2 heterocycles. The number of benzene rings is 2. The summed E-state index contributed by atoms with van der Waals surface area (Å²) in [4.78, 5) is 2.39. The van der Waals surface area contributed by atoms with Gasteiger partial charge in [-0.25, -0.2) is 0 Å². The minimum absolute atomic E-state index is 0.0289. The molecule has 4 rings (SSSR count). The number of fused-ring (bicyclic) bond motifs is 2. The van der Waals surface area contributed by atoms with Gasteiger partial charge in [-0.1, -0.05) is 75.4 Å². The van der Waals surface area contributed by atoms with Crippen molar-refractivity contribution < 1.29 is 33.4 Å². The smallest absolute Gasteiger partial charge is 0.209 e. The van der Waals surface area contributed by atoms with Gasteiger partial charge in [0.25, 0.3) is 0 Å². The monoisotopic (exact) mass is 661 g/mol. The van der Waals surface area contributed by atoms with Crippen LogP contribution in [0, 0.1) is 0 Å². The van der Waals surface area contributed by atoms with Crippen LogP contribution in [0.4, 0.5) is 11.4 Å². The van der Waals surface area contributed by atoms with Crippen LogP contribution < -0.4 is 4.90 Å². The molecule has 0 bridgehead atoms. The van der Waals surface area contributed by atoms with Crippen LogP contribution in [0.2, 0.25) is 0 Å². The molecule has 48 heavy (non-hydrogen) atoms. The summed E-state index contributed by atoms with van der Waals surface area (Å²) in [5.41, 5.74) is 7.34. The molecule has 0 aromatic heterocycles. The fraction of sp³-hybridized carbons (Fsp3) is 0.525. The van der Waals surface area contributed by atoms with Gasteiger partial charge in [0, 0.05) is 47.7 Å². The molecular formula is C40H57N2O6+. The van der Waals surface area contributed by atoms with Crippen LogP contribution in [-0.2, 0) is 34.5 Å². The Morgan fingerprint density at radius 1 is 0.667 bits per heavy atom. The molecule has 8 nitrogen and oxygen atoms in total. The first-order chi connectivity index (χ1) is 23.3. The lowest BCUT2D eigenvalue weighted by atomic mass is 9.81. The molecule has 0 saturated heterocycles. The maximum atomic E-state index is 8.90. The third-order valence-corrected chi connectivity index (χ3v) is 8.95. The molecule has 1 N–H and O–H groups in total. The Kier molecular flexibility index (Phi) is 15.1. The molecule has 2 aliphatic rings. The predicted octanol–water partition coefficient (Wildman–Crippen LogP) is 6.34. The van der Waals surface area contributed by atoms with E-state index in [0.717, 1.165) is 26.1 Å². The predicted molar refractivity (Wildman–Crippen MR) is 194 cm³/mol. The maximum Gasteiger partial charge on any atom is 0.209 e. The fourth-order valence-corrected chi connectivity index (χ4v) is 6.51. The van der Waals surface area contributed by atoms with E-state index in [0.29, 0.717) is 59.5 Å². The first-order valence-corrected chi connectivity index (χ1v) is 17.5. The Bertz CT molecular complexity index is 1410. The van der Waals surface area contributed by atoms with Crippen molar-refractivity contribution in [3.8, 4) is 0 Å². The van der Waals surface area contributed by atoms with Gasteiger partial charge < -0.3 is 33.7 Å². The average Bonchev–Trinajstić information content (AvgIpc) is 3.43. The molecule has 262 valence electrons. The molecule has 2 aliphatic heterocycles. The van der Waals surface area contributed by atoms with E-state index in [1.165, 1.54) is 33.9 Å². The first kappa shape index (κ1) is 37.7. The molecular weight excluding hydrogens is 604 g/mol. The van der Waals surface area contributed by atoms with Gasteiger partial charge in [-0.15, -0.1) is 0 Å². The van der Waals surface area contributed by atoms with E-state index in [1.807, 2.05) is 0 Å². The summed E-state index contributed by atoms with van der Waals surface area (Å²) < 4.78 is 30.7. The zero-order chi connectivity index (χ0) is 34.2. The van der Waals surface area contributed by atoms with E-state index in [4.69, 9.17) is 28.8 Å². The van der Waals surface area contributed by atoms with Crippen LogP contribution >= 0.6 is 0 Å². The van der Waals surface area contributed by atoms with Crippen LogP contribution in [-0.4, -0.2) is 101 Å². The van der Waals surface area contributed by atoms with Crippen LogP contribution in [0.25, 0.3) is 0 Å². The van der Waals surface area contributed by atoms with Gasteiger partial charge in [-0.2, -0.15) is 4.58 Å². The van der Waals surface area contributed by atoms with Crippen LogP contribution in [0.15, 0.2) is 84.6 Å². The lowest BCUT2D eigenvalue weighted by molar-refractivity contribution is -0.442. The van der Waals surface area contributed by atoms with Crippen LogP contribution in [0.5, 0.6) is 0 Å². The second-order valence-corrected chi connectivity index (χ2v) is 13.1. The van der Waals surface area contributed by atoms with Gasteiger partial charge in [0.05, 0.1) is 64.9 Å². The van der Waals surface area contributed by atoms with Gasteiger partial charge in [0.1, 0.15) is 6.61 Å². The molecule has 0 saturated carbocycles. The lowest BCUT2D eigenvalue weighted by Crippen LogP contribution is -2.29. The molecule has 0 unspecified atom stereocenters. The third kappa shape index (κ3) is 9.74. The Hall–Kier alpha value is -3.11. The summed E-state index contributed by atoms with van der Waals surface area (Å²) in [6.45, 7) is 18.5. The highest BCUT2D eigenvalue weighted by atomic mass is 16.5. The van der Waals surface area contributed by atoms with E-state index in [9.17, 15) is 0 Å². The van der Waals surface area contributed by atoms with Crippen LogP contribution in [0.1, 0.15) is 52.2 Å². The number of aliphatic hydroxyl groups is 1. The number of para-hydroxylation sites is 2. The van der Waals surface area contributed by atoms with E-state index >= 15 is 0 Å². The largest absolute Gasteiger partial charge is 0.394 e. The van der Waals surface area contributed by atoms with E-state index in [2.05, 4.69) is 123 Å². The van der Waals surface area contributed by atoms with Crippen molar-refractivity contribution in [2.24, 2.45) is 0 Å². The summed E-state index contributed by atoms with van der Waals surface area (Å²) in [7, 11) is 0. The van der Waals surface area contributed by atoms with Gasteiger partial charge >= 0.3 is 0 Å². The summed E-state index contributed by atoms with van der Waals surface area (Å²) in [5, 5.41) is 8.90. The highest BCUT2D eigenvalue weighted by Gasteiger charge is 2.44. The Morgan fingerprint density at radius 3 is 1.98 bits per heavy atom. The zero-order valence-electron chi connectivity index (χ0n) is 29.8. The minimum Gasteiger partial charge on any atom is -0.394 e. The van der Waals surface area contributed by atoms with Crippen molar-refractivity contribution in [2.75, 3.05) is 90.7 Å². The second-order valence-electron chi connectivity index (χ2n) is 13.1. The van der Waals surface area contributed by atoms with E-state index in [-0.39, 0.29) is 17.4 Å². The van der Waals surface area contributed by atoms with Gasteiger partial charge in [0.15, 0.2) is 12.3 Å². The highest BCUT2D eigenvalue weighted by Crippen LogP contribution is 2.47. The SMILES string of the molecule is CCCOCCOCCOCCN1/C(=C/C=C\C=C/C2=[N+](CCOCCOCCO)c3ccccc3C2(C)C)C(C)(C)c2ccccc21. The number of anilines is 1. The Labute approximate surface area is 288 Å². The number of nitrogens with zero attached hydrogens (tertiary/aromatic N) is 2. The zero-order valence-corrected chi connectivity index (χ0v) is 29.8. The summed E-state index contributed by atoms with van der Waals surface area (Å²) >= 11 is 0. The number of allylic oxidation sites excluding steroid dienone is 6. The molecule has 0 spiro atoms. The van der Waals surface area contributed by atoms with Crippen molar-refractivity contribution >= 4 is 17.1 Å². The standard InChI is InChI=1S/C40H57N2O6/c1-6-23-44-27-31-48-32-29-46-25-21-42-36-17-13-11-15-34(36)40(4,5)38(42)19-9-7-8-18-37-39(2,3)33-14-10-12-16-35(33)41(37)20-24-45-28-30-47-26-22-43/h7-19,43H,6,20-32H2,1-5H3/q+1. The summed E-state index contributed by atoms with van der Waals surface area (Å²) in [6, 6.07) is 17.3. The van der Waals surface area contributed by atoms with E-state index < -0.39 is 0 Å². The maximum absolute atomic E-state index is 8.90. The summed E-state index contributed by atoms with van der Waals surface area (Å²) in [6.07, 6.45) is 11.9. The van der Waals surface area contributed by atoms with Crippen molar-refractivity contribution in [1.82, 2.24) is 0 Å². The van der Waals surface area contributed by atoms with Gasteiger partial charge in [0.2, 0.25) is 5.69 Å². The average molecular weight is 662 g/mol. The van der Waals surface area contributed by atoms with Crippen molar-refractivity contribution in [3.63, 3.8) is 0 Å². The number of ether oxygens (including phenoxy) is 5. The molecule has 0 radical (unpaired) electrons. The first-order valence-electron chi connectivity index (χ1n) is 17.5. The topological polar surface area (TPSA) is 72.6 Å². The number of rotatable bonds is 22. The normalized spacial score (nSPS) is 17.4. The molecule has 0 aliphatic carbocycles. The third-order valence-electron chi connectivity index (χ3n) is 8.95. The highest BCUT2D eigenvalue weighted by molar-refractivity contribution is 6.03. The lowest BCUT2D eigenvalue weighted by Gasteiger charge is -2.27. The van der Waals surface area contributed by atoms with E-state index in [1.54, 1.807) is 0 Å². The van der Waals surface area contributed by atoms with Crippen LogP contribution in [0.3, 0.4) is 0 Å². The second kappa shape index (κ2) is 19.2. The minimum atomic E-state index is -0.136. The van der Waals surface area contributed by atoms with Crippen molar-refractivity contribution in [1.29, 1.82) is 0 Å². The van der Waals surface area contributed by atoms with Crippen molar-refractivity contribution in [3.05, 3.63) is 95.7 Å². The molecule has 2 aromatic rings. The molecule has 2 aromatic carbocycles. The number of hydrogen-bond acceptors (Lipinski definition) is 7. The van der Waals surface area contributed by atoms with Gasteiger partial charge in [-0.05, 0) is 38.0 Å². The molecule has 0 amide bonds. The number of aliphatic hydroxyl groups excluding tert-OH is 1. The Morgan fingerprint density at radius 2 is 1.27 bits per heavy atom. The Balaban J connectivity index is 1.41. The molecule has 0 atom stereocenters. The van der Waals surface area contributed by atoms with Crippen molar-refractivity contribution in [2.45, 2.75) is 51.9 Å². The molecule has 0 fully saturated rings. The number of hydrogen-bond donors (Lipinski definition) is 1. The summed E-state index contributed by atoms with van der Waals surface area (Å²) in [5.74, 6) is 0. The quantitative estimate of drug-likeness (QED) is 0.0897. The fourth-order valence-electron chi connectivity index (χ4n) is 6.51.